The lowest BCUT2D eigenvalue weighted by Gasteiger charge is -2.06. The number of nitrogens with zero attached hydrogens (tertiary/aromatic N) is 2. The Balaban J connectivity index is 2.55. The molecule has 0 radical (unpaired) electrons. The molecule has 0 unspecified atom stereocenters. The highest BCUT2D eigenvalue weighted by molar-refractivity contribution is 7.89. The summed E-state index contributed by atoms with van der Waals surface area (Å²) in [4.78, 5) is 0. The van der Waals surface area contributed by atoms with Crippen LogP contribution in [0.2, 0.25) is 0 Å². The van der Waals surface area contributed by atoms with Gasteiger partial charge in [-0.1, -0.05) is 0 Å². The van der Waals surface area contributed by atoms with Crippen LogP contribution in [0.4, 0.5) is 0 Å². The van der Waals surface area contributed by atoms with Crippen molar-refractivity contribution >= 4 is 20.0 Å². The molecule has 0 atom stereocenters. The molecule has 0 saturated heterocycles. The molecule has 3 N–H and O–H groups in total. The van der Waals surface area contributed by atoms with Crippen LogP contribution in [0.25, 0.3) is 0 Å². The van der Waals surface area contributed by atoms with Gasteiger partial charge in [0.1, 0.15) is 0 Å². The summed E-state index contributed by atoms with van der Waals surface area (Å²) in [5, 5.41) is 8.54. The highest BCUT2D eigenvalue weighted by Gasteiger charge is 2.17. The average molecular weight is 282 g/mol. The molecule has 0 spiro atoms. The molecule has 1 aromatic heterocycles. The molecule has 0 fully saturated rings. The van der Waals surface area contributed by atoms with Gasteiger partial charge in [-0.15, -0.1) is 0 Å². The predicted molar refractivity (Wildman–Crippen MR) is 61.0 cm³/mol. The van der Waals surface area contributed by atoms with E-state index in [1.165, 1.54) is 24.0 Å². The van der Waals surface area contributed by atoms with Gasteiger partial charge in [-0.25, -0.2) is 26.7 Å². The number of hydrogen-bond acceptors (Lipinski definition) is 5. The summed E-state index contributed by atoms with van der Waals surface area (Å²) in [6, 6.07) is 1.35. The fourth-order valence-corrected chi connectivity index (χ4v) is 2.92. The van der Waals surface area contributed by atoms with Crippen molar-refractivity contribution in [3.05, 3.63) is 12.3 Å². The van der Waals surface area contributed by atoms with Gasteiger partial charge in [0.2, 0.25) is 10.0 Å². The Morgan fingerprint density at radius 3 is 2.53 bits per heavy atom. The van der Waals surface area contributed by atoms with Crippen molar-refractivity contribution in [2.24, 2.45) is 12.2 Å². The number of nitrogens with one attached hydrogen (secondary N) is 1. The van der Waals surface area contributed by atoms with Crippen molar-refractivity contribution in [1.82, 2.24) is 14.5 Å². The molecule has 0 bridgehead atoms. The van der Waals surface area contributed by atoms with E-state index in [4.69, 9.17) is 5.14 Å². The molecule has 1 aromatic rings. The number of aryl methyl sites for hydroxylation is 1. The number of sulfonamides is 2. The molecule has 98 valence electrons. The van der Waals surface area contributed by atoms with Crippen molar-refractivity contribution in [2.45, 2.75) is 11.4 Å². The molecule has 0 aliphatic carbocycles. The largest absolute Gasteiger partial charge is 0.257 e. The van der Waals surface area contributed by atoms with E-state index in [-0.39, 0.29) is 23.7 Å². The third-order valence-electron chi connectivity index (χ3n) is 1.95. The molecule has 10 heteroatoms. The van der Waals surface area contributed by atoms with Crippen LogP contribution in [0, 0.1) is 0 Å². The van der Waals surface area contributed by atoms with E-state index in [1.807, 2.05) is 0 Å². The molecule has 17 heavy (non-hydrogen) atoms. The smallest absolute Gasteiger partial charge is 0.256 e. The van der Waals surface area contributed by atoms with Gasteiger partial charge in [-0.3, -0.25) is 4.68 Å². The summed E-state index contributed by atoms with van der Waals surface area (Å²) < 4.78 is 48.1. The van der Waals surface area contributed by atoms with E-state index < -0.39 is 20.0 Å². The molecule has 0 aromatic carbocycles. The monoisotopic (exact) mass is 282 g/mol. The van der Waals surface area contributed by atoms with Crippen molar-refractivity contribution in [3.63, 3.8) is 0 Å². The normalized spacial score (nSPS) is 12.8. The van der Waals surface area contributed by atoms with Gasteiger partial charge in [0.05, 0.1) is 11.9 Å². The van der Waals surface area contributed by atoms with Crippen LogP contribution in [0.15, 0.2) is 17.3 Å². The second-order valence-electron chi connectivity index (χ2n) is 3.41. The third-order valence-corrected chi connectivity index (χ3v) is 4.34. The van der Waals surface area contributed by atoms with Gasteiger partial charge in [-0.2, -0.15) is 5.10 Å². The van der Waals surface area contributed by atoms with Gasteiger partial charge in [0.25, 0.3) is 10.0 Å². The number of nitrogens with two attached hydrogens (primary N) is 1. The minimum atomic E-state index is -3.65. The quantitative estimate of drug-likeness (QED) is 0.607. The van der Waals surface area contributed by atoms with Crippen molar-refractivity contribution < 1.29 is 16.8 Å². The molecular weight excluding hydrogens is 268 g/mol. The number of rotatable bonds is 6. The minimum absolute atomic E-state index is 0.00391. The van der Waals surface area contributed by atoms with Crippen molar-refractivity contribution in [2.75, 3.05) is 12.3 Å². The van der Waals surface area contributed by atoms with Crippen LogP contribution >= 0.6 is 0 Å². The topological polar surface area (TPSA) is 124 Å². The van der Waals surface area contributed by atoms with Gasteiger partial charge in [0.15, 0.2) is 5.03 Å². The zero-order chi connectivity index (χ0) is 13.1. The second kappa shape index (κ2) is 5.12. The summed E-state index contributed by atoms with van der Waals surface area (Å²) in [6.07, 6.45) is 1.48. The zero-order valence-corrected chi connectivity index (χ0v) is 10.8. The predicted octanol–water partition coefficient (Wildman–Crippen LogP) is -1.62. The molecule has 1 rings (SSSR count). The molecule has 1 heterocycles. The average Bonchev–Trinajstić information content (AvgIpc) is 2.58. The lowest BCUT2D eigenvalue weighted by atomic mass is 10.5. The fourth-order valence-electron chi connectivity index (χ4n) is 1.18. The number of primary sulfonamides is 1. The maximum atomic E-state index is 11.7. The molecule has 0 aliphatic rings. The number of aromatic nitrogens is 2. The Bertz CT molecular complexity index is 575. The van der Waals surface area contributed by atoms with Gasteiger partial charge >= 0.3 is 0 Å². The summed E-state index contributed by atoms with van der Waals surface area (Å²) in [5.74, 6) is -0.263. The molecule has 0 saturated carbocycles. The first-order valence-corrected chi connectivity index (χ1v) is 7.90. The van der Waals surface area contributed by atoms with Crippen LogP contribution in [0.1, 0.15) is 6.42 Å². The van der Waals surface area contributed by atoms with E-state index in [1.54, 1.807) is 0 Å². The van der Waals surface area contributed by atoms with Crippen LogP contribution in [-0.2, 0) is 27.1 Å². The minimum Gasteiger partial charge on any atom is -0.256 e. The SMILES string of the molecule is Cn1nccc1S(=O)(=O)NCCCS(N)(=O)=O. The first-order valence-electron chi connectivity index (χ1n) is 4.70. The highest BCUT2D eigenvalue weighted by atomic mass is 32.2. The molecule has 0 aliphatic heterocycles. The van der Waals surface area contributed by atoms with Gasteiger partial charge in [0, 0.05) is 13.6 Å². The highest BCUT2D eigenvalue weighted by Crippen LogP contribution is 2.05. The van der Waals surface area contributed by atoms with Crippen LogP contribution in [-0.4, -0.2) is 38.9 Å². The Morgan fingerprint density at radius 1 is 1.41 bits per heavy atom. The van der Waals surface area contributed by atoms with Crippen molar-refractivity contribution in [3.8, 4) is 0 Å². The van der Waals surface area contributed by atoms with Crippen LogP contribution in [0.3, 0.4) is 0 Å². The molecular formula is C7H14N4O4S2. The Labute approximate surface area is 99.9 Å². The third kappa shape index (κ3) is 4.42. The Kier molecular flexibility index (Phi) is 4.25. The van der Waals surface area contributed by atoms with Gasteiger partial charge in [-0.05, 0) is 12.5 Å². The molecule has 0 amide bonds. The van der Waals surface area contributed by atoms with E-state index in [0.717, 1.165) is 0 Å². The second-order valence-corrected chi connectivity index (χ2v) is 6.86. The summed E-state index contributed by atoms with van der Waals surface area (Å²) in [5.41, 5.74) is 0. The van der Waals surface area contributed by atoms with Crippen molar-refractivity contribution in [1.29, 1.82) is 0 Å². The summed E-state index contributed by atoms with van der Waals surface area (Å²) >= 11 is 0. The maximum Gasteiger partial charge on any atom is 0.257 e. The summed E-state index contributed by atoms with van der Waals surface area (Å²) in [7, 11) is -5.71. The maximum absolute atomic E-state index is 11.7. The van der Waals surface area contributed by atoms with E-state index in [0.29, 0.717) is 0 Å². The summed E-state index contributed by atoms with van der Waals surface area (Å²) in [6.45, 7) is 0.00391. The number of hydrogen-bond donors (Lipinski definition) is 2. The van der Waals surface area contributed by atoms with E-state index in [2.05, 4.69) is 9.82 Å². The van der Waals surface area contributed by atoms with Crippen LogP contribution < -0.4 is 9.86 Å². The standard InChI is InChI=1S/C7H14N4O4S2/c1-11-7(3-5-9-11)17(14,15)10-4-2-6-16(8,12)13/h3,5,10H,2,4,6H2,1H3,(H2,8,12,13). The first-order chi connectivity index (χ1) is 7.72. The van der Waals surface area contributed by atoms with E-state index >= 15 is 0 Å². The molecule has 8 nitrogen and oxygen atoms in total. The zero-order valence-electron chi connectivity index (χ0n) is 9.20. The lowest BCUT2D eigenvalue weighted by Crippen LogP contribution is -2.28. The van der Waals surface area contributed by atoms with E-state index in [9.17, 15) is 16.8 Å². The Hall–Kier alpha value is -0.970. The lowest BCUT2D eigenvalue weighted by molar-refractivity contribution is 0.560. The fraction of sp³-hybridized carbons (Fsp3) is 0.571. The van der Waals surface area contributed by atoms with Gasteiger partial charge < -0.3 is 0 Å². The Morgan fingerprint density at radius 2 is 2.06 bits per heavy atom. The first kappa shape index (κ1) is 14.1. The van der Waals surface area contributed by atoms with Crippen LogP contribution in [0.5, 0.6) is 0 Å².